The summed E-state index contributed by atoms with van der Waals surface area (Å²) in [6.07, 6.45) is -0.858. The number of oxazole rings is 1. The highest BCUT2D eigenvalue weighted by atomic mass is 19.4. The van der Waals surface area contributed by atoms with Gasteiger partial charge in [0, 0.05) is 24.7 Å². The molecule has 0 aliphatic carbocycles. The molecule has 8 nitrogen and oxygen atoms in total. The molecule has 1 saturated heterocycles. The Bertz CT molecular complexity index is 963. The van der Waals surface area contributed by atoms with Gasteiger partial charge in [-0.3, -0.25) is 4.79 Å². The first-order chi connectivity index (χ1) is 13.4. The van der Waals surface area contributed by atoms with Crippen LogP contribution in [0.4, 0.5) is 13.2 Å². The molecule has 1 aliphatic heterocycles. The average molecular weight is 393 g/mol. The van der Waals surface area contributed by atoms with Gasteiger partial charge in [0.2, 0.25) is 5.82 Å². The number of pyridine rings is 1. The number of aromatic nitrogens is 4. The number of likely N-dealkylation sites (tertiary alicyclic amines) is 1. The molecule has 3 aromatic heterocycles. The first-order valence-electron chi connectivity index (χ1n) is 8.47. The van der Waals surface area contributed by atoms with Crippen LogP contribution in [0, 0.1) is 0 Å². The van der Waals surface area contributed by atoms with Crippen molar-refractivity contribution in [3.63, 3.8) is 0 Å². The van der Waals surface area contributed by atoms with Crippen LogP contribution in [0.15, 0.2) is 39.8 Å². The molecule has 0 aromatic carbocycles. The number of alkyl halides is 3. The Kier molecular flexibility index (Phi) is 4.57. The van der Waals surface area contributed by atoms with Crippen molar-refractivity contribution < 1.29 is 26.9 Å². The maximum Gasteiger partial charge on any atom is 0.471 e. The monoisotopic (exact) mass is 393 g/mol. The molecule has 1 aliphatic rings. The Hall–Kier alpha value is -3.24. The third-order valence-electron chi connectivity index (χ3n) is 4.52. The van der Waals surface area contributed by atoms with Crippen LogP contribution in [0.2, 0.25) is 0 Å². The lowest BCUT2D eigenvalue weighted by atomic mass is 9.92. The second-order valence-electron chi connectivity index (χ2n) is 6.31. The molecule has 0 N–H and O–H groups in total. The largest absolute Gasteiger partial charge is 0.471 e. The fourth-order valence-electron chi connectivity index (χ4n) is 3.10. The number of hydrogen-bond acceptors (Lipinski definition) is 7. The van der Waals surface area contributed by atoms with Gasteiger partial charge < -0.3 is 13.8 Å². The minimum Gasteiger partial charge on any atom is -0.451 e. The summed E-state index contributed by atoms with van der Waals surface area (Å²) in [5.41, 5.74) is 1.18. The van der Waals surface area contributed by atoms with E-state index in [1.165, 1.54) is 18.7 Å². The lowest BCUT2D eigenvalue weighted by molar-refractivity contribution is -0.159. The van der Waals surface area contributed by atoms with E-state index in [0.29, 0.717) is 31.6 Å². The van der Waals surface area contributed by atoms with Gasteiger partial charge >= 0.3 is 12.1 Å². The highest BCUT2D eigenvalue weighted by molar-refractivity contribution is 5.91. The molecule has 3 aromatic rings. The van der Waals surface area contributed by atoms with Crippen LogP contribution in [0.1, 0.15) is 40.8 Å². The third kappa shape index (κ3) is 3.59. The fraction of sp³-hybridized carbons (Fsp3) is 0.353. The first-order valence-corrected chi connectivity index (χ1v) is 8.47. The van der Waals surface area contributed by atoms with Crippen molar-refractivity contribution in [1.29, 1.82) is 0 Å². The number of halogens is 3. The lowest BCUT2D eigenvalue weighted by Crippen LogP contribution is -2.38. The standard InChI is InChI=1S/C17H14F3N5O3/c18-17(19,20)16-23-14(24-28-16)12-3-1-2-11(22-12)10-4-6-25(7-5-10)15(26)13-8-27-9-21-13/h1-3,8-10H,4-7H2. The zero-order valence-electron chi connectivity index (χ0n) is 14.4. The van der Waals surface area contributed by atoms with Crippen LogP contribution in [-0.4, -0.2) is 44.0 Å². The van der Waals surface area contributed by atoms with E-state index in [4.69, 9.17) is 4.42 Å². The maximum absolute atomic E-state index is 12.6. The SMILES string of the molecule is O=C(c1cocn1)N1CCC(c2cccc(-c3noc(C(F)(F)F)n3)n2)CC1. The van der Waals surface area contributed by atoms with Crippen LogP contribution >= 0.6 is 0 Å². The minimum atomic E-state index is -4.70. The van der Waals surface area contributed by atoms with E-state index in [1.54, 1.807) is 17.0 Å². The summed E-state index contributed by atoms with van der Waals surface area (Å²) in [4.78, 5) is 25.6. The van der Waals surface area contributed by atoms with Crippen molar-refractivity contribution in [2.45, 2.75) is 24.9 Å². The van der Waals surface area contributed by atoms with E-state index in [1.807, 2.05) is 0 Å². The predicted octanol–water partition coefficient (Wildman–Crippen LogP) is 3.16. The van der Waals surface area contributed by atoms with Gasteiger partial charge in [-0.2, -0.15) is 18.2 Å². The van der Waals surface area contributed by atoms with Gasteiger partial charge in [-0.15, -0.1) is 0 Å². The molecule has 146 valence electrons. The summed E-state index contributed by atoms with van der Waals surface area (Å²) in [6, 6.07) is 5.01. The Balaban J connectivity index is 1.45. The van der Waals surface area contributed by atoms with Crippen molar-refractivity contribution in [2.75, 3.05) is 13.1 Å². The van der Waals surface area contributed by atoms with Gasteiger partial charge in [-0.05, 0) is 25.0 Å². The van der Waals surface area contributed by atoms with Crippen molar-refractivity contribution in [1.82, 2.24) is 25.0 Å². The van der Waals surface area contributed by atoms with Crippen molar-refractivity contribution in [3.8, 4) is 11.5 Å². The fourth-order valence-corrected chi connectivity index (χ4v) is 3.10. The summed E-state index contributed by atoms with van der Waals surface area (Å²) in [6.45, 7) is 1.03. The predicted molar refractivity (Wildman–Crippen MR) is 86.9 cm³/mol. The number of carbonyl (C=O) groups is 1. The quantitative estimate of drug-likeness (QED) is 0.674. The topological polar surface area (TPSA) is 98.2 Å². The van der Waals surface area contributed by atoms with Crippen LogP contribution in [0.3, 0.4) is 0 Å². The summed E-state index contributed by atoms with van der Waals surface area (Å²) in [5.74, 6) is -1.75. The smallest absolute Gasteiger partial charge is 0.451 e. The van der Waals surface area contributed by atoms with Crippen LogP contribution in [-0.2, 0) is 6.18 Å². The molecule has 0 atom stereocenters. The number of rotatable bonds is 3. The number of carbonyl (C=O) groups excluding carboxylic acids is 1. The highest BCUT2D eigenvalue weighted by Crippen LogP contribution is 2.31. The summed E-state index contributed by atoms with van der Waals surface area (Å²) < 4.78 is 47.0. The Labute approximate surface area is 156 Å². The van der Waals surface area contributed by atoms with E-state index in [-0.39, 0.29) is 29.0 Å². The average Bonchev–Trinajstić information content (AvgIpc) is 3.39. The van der Waals surface area contributed by atoms with E-state index in [0.717, 1.165) is 0 Å². The summed E-state index contributed by atoms with van der Waals surface area (Å²) in [5, 5.41) is 3.37. The zero-order valence-corrected chi connectivity index (χ0v) is 14.4. The second kappa shape index (κ2) is 7.06. The maximum atomic E-state index is 12.6. The van der Waals surface area contributed by atoms with Gasteiger partial charge in [0.25, 0.3) is 5.91 Å². The summed E-state index contributed by atoms with van der Waals surface area (Å²) in [7, 11) is 0. The Morgan fingerprint density at radius 3 is 2.61 bits per heavy atom. The molecule has 0 saturated carbocycles. The van der Waals surface area contributed by atoms with Crippen molar-refractivity contribution >= 4 is 5.91 Å². The molecule has 1 fully saturated rings. The molecular weight excluding hydrogens is 379 g/mol. The molecule has 11 heteroatoms. The molecule has 0 unspecified atom stereocenters. The molecule has 4 rings (SSSR count). The van der Waals surface area contributed by atoms with E-state index < -0.39 is 12.1 Å². The van der Waals surface area contributed by atoms with E-state index in [2.05, 4.69) is 24.6 Å². The molecule has 0 spiro atoms. The van der Waals surface area contributed by atoms with E-state index >= 15 is 0 Å². The molecule has 28 heavy (non-hydrogen) atoms. The molecule has 1 amide bonds. The van der Waals surface area contributed by atoms with Crippen LogP contribution < -0.4 is 0 Å². The number of piperidine rings is 1. The molecule has 0 bridgehead atoms. The normalized spacial score (nSPS) is 15.8. The number of amides is 1. The second-order valence-corrected chi connectivity index (χ2v) is 6.31. The van der Waals surface area contributed by atoms with Crippen molar-refractivity contribution in [2.24, 2.45) is 0 Å². The van der Waals surface area contributed by atoms with Gasteiger partial charge in [0.05, 0.1) is 0 Å². The summed E-state index contributed by atoms with van der Waals surface area (Å²) >= 11 is 0. The Morgan fingerprint density at radius 2 is 1.96 bits per heavy atom. The number of hydrogen-bond donors (Lipinski definition) is 0. The molecule has 4 heterocycles. The highest BCUT2D eigenvalue weighted by Gasteiger charge is 2.38. The minimum absolute atomic E-state index is 0.0651. The Morgan fingerprint density at radius 1 is 1.18 bits per heavy atom. The van der Waals surface area contributed by atoms with Crippen molar-refractivity contribution in [3.05, 3.63) is 48.1 Å². The van der Waals surface area contributed by atoms with Gasteiger partial charge in [0.1, 0.15) is 12.0 Å². The number of nitrogens with zero attached hydrogens (tertiary/aromatic N) is 5. The van der Waals surface area contributed by atoms with Crippen LogP contribution in [0.25, 0.3) is 11.5 Å². The zero-order chi connectivity index (χ0) is 19.7. The third-order valence-corrected chi connectivity index (χ3v) is 4.52. The van der Waals surface area contributed by atoms with Crippen LogP contribution in [0.5, 0.6) is 0 Å². The molecule has 0 radical (unpaired) electrons. The lowest BCUT2D eigenvalue weighted by Gasteiger charge is -2.31. The first kappa shape index (κ1) is 18.1. The van der Waals surface area contributed by atoms with Gasteiger partial charge in [-0.25, -0.2) is 9.97 Å². The van der Waals surface area contributed by atoms with E-state index in [9.17, 15) is 18.0 Å². The van der Waals surface area contributed by atoms with Gasteiger partial charge in [-0.1, -0.05) is 11.2 Å². The molecular formula is C17H14F3N5O3. The van der Waals surface area contributed by atoms with Gasteiger partial charge in [0.15, 0.2) is 12.1 Å².